The van der Waals surface area contributed by atoms with Crippen LogP contribution in [-0.4, -0.2) is 18.7 Å². The highest BCUT2D eigenvalue weighted by atomic mass is 15.2. The molecule has 3 heterocycles. The van der Waals surface area contributed by atoms with Crippen molar-refractivity contribution in [2.45, 2.75) is 47.1 Å². The monoisotopic (exact) mass is 626 g/mol. The van der Waals surface area contributed by atoms with E-state index in [1.54, 1.807) is 0 Å². The van der Waals surface area contributed by atoms with Crippen LogP contribution in [0, 0.1) is 20.8 Å². The number of rotatable bonds is 5. The topological polar surface area (TPSA) is 30.9 Å². The smallest absolute Gasteiger partial charge is 0.191 e. The van der Waals surface area contributed by atoms with E-state index in [-0.39, 0.29) is 5.54 Å². The Hall–Kier alpha value is -5.68. The van der Waals surface area contributed by atoms with Crippen molar-refractivity contribution in [3.63, 3.8) is 0 Å². The molecule has 5 heteroatoms. The van der Waals surface area contributed by atoms with E-state index in [0.717, 1.165) is 33.9 Å². The average molecular weight is 627 g/mol. The van der Waals surface area contributed by atoms with Crippen molar-refractivity contribution in [3.05, 3.63) is 151 Å². The standard InChI is InChI=1S/C43H40N5/c1-29-23-24-44-41(25-29)48-37-18-8-7-17-35(37)36-22-21-34(27-40(36)48)47(42-30(2)13-11-14-31(42)3)33-16-12-15-32(26-33)45-28-46(43(4,5)6)39-20-10-9-19-38(39)45/h7-28H,1-6H3/q+1. The van der Waals surface area contributed by atoms with Gasteiger partial charge in [-0.15, -0.1) is 0 Å². The van der Waals surface area contributed by atoms with Gasteiger partial charge in [0.2, 0.25) is 0 Å². The number of hydrogen-bond donors (Lipinski definition) is 0. The normalized spacial score (nSPS) is 12.0. The molecule has 0 aliphatic heterocycles. The fourth-order valence-corrected chi connectivity index (χ4v) is 7.19. The number of aromatic nitrogens is 4. The van der Waals surface area contributed by atoms with Crippen LogP contribution in [0.4, 0.5) is 17.1 Å². The van der Waals surface area contributed by atoms with E-state index in [1.807, 2.05) is 6.20 Å². The summed E-state index contributed by atoms with van der Waals surface area (Å²) in [6, 6.07) is 43.8. The Morgan fingerprint density at radius 2 is 1.27 bits per heavy atom. The maximum atomic E-state index is 4.84. The molecule has 0 saturated heterocycles. The molecule has 3 aromatic heterocycles. The molecule has 5 nitrogen and oxygen atoms in total. The molecule has 48 heavy (non-hydrogen) atoms. The third-order valence-corrected chi connectivity index (χ3v) is 9.43. The van der Waals surface area contributed by atoms with E-state index in [9.17, 15) is 0 Å². The van der Waals surface area contributed by atoms with Crippen molar-refractivity contribution in [1.29, 1.82) is 0 Å². The predicted molar refractivity (Wildman–Crippen MR) is 202 cm³/mol. The fraction of sp³-hybridized carbons (Fsp3) is 0.163. The lowest BCUT2D eigenvalue weighted by Crippen LogP contribution is -2.20. The van der Waals surface area contributed by atoms with Gasteiger partial charge in [0.15, 0.2) is 17.4 Å². The zero-order valence-corrected chi connectivity index (χ0v) is 28.4. The van der Waals surface area contributed by atoms with Gasteiger partial charge < -0.3 is 4.90 Å². The summed E-state index contributed by atoms with van der Waals surface area (Å²) in [4.78, 5) is 7.25. The summed E-state index contributed by atoms with van der Waals surface area (Å²) < 4.78 is 6.99. The van der Waals surface area contributed by atoms with Crippen LogP contribution in [0.25, 0.3) is 44.3 Å². The highest BCUT2D eigenvalue weighted by Gasteiger charge is 2.26. The van der Waals surface area contributed by atoms with Crippen molar-refractivity contribution in [3.8, 4) is 11.5 Å². The lowest BCUT2D eigenvalue weighted by Gasteiger charge is -2.29. The average Bonchev–Trinajstić information content (AvgIpc) is 3.63. The lowest BCUT2D eigenvalue weighted by atomic mass is 10.0. The molecule has 0 saturated carbocycles. The lowest BCUT2D eigenvalue weighted by molar-refractivity contribution is 0.406. The first-order valence-electron chi connectivity index (χ1n) is 16.6. The van der Waals surface area contributed by atoms with Crippen LogP contribution in [0.5, 0.6) is 0 Å². The molecule has 0 N–H and O–H groups in total. The molecular weight excluding hydrogens is 587 g/mol. The van der Waals surface area contributed by atoms with Crippen LogP contribution in [0.2, 0.25) is 0 Å². The van der Waals surface area contributed by atoms with E-state index in [0.29, 0.717) is 0 Å². The summed E-state index contributed by atoms with van der Waals surface area (Å²) in [7, 11) is 0. The number of anilines is 3. The van der Waals surface area contributed by atoms with Gasteiger partial charge in [0.1, 0.15) is 11.5 Å². The minimum absolute atomic E-state index is 0.0627. The van der Waals surface area contributed by atoms with Crippen LogP contribution in [-0.2, 0) is 5.54 Å². The summed E-state index contributed by atoms with van der Waals surface area (Å²) >= 11 is 0. The summed E-state index contributed by atoms with van der Waals surface area (Å²) in [6.07, 6.45) is 4.14. The Bertz CT molecular complexity index is 2470. The summed E-state index contributed by atoms with van der Waals surface area (Å²) in [6.45, 7) is 13.3. The highest BCUT2D eigenvalue weighted by molar-refractivity contribution is 6.10. The van der Waals surface area contributed by atoms with Crippen molar-refractivity contribution in [2.24, 2.45) is 0 Å². The molecule has 8 rings (SSSR count). The molecule has 0 spiro atoms. The number of nitrogens with zero attached hydrogens (tertiary/aromatic N) is 5. The van der Waals surface area contributed by atoms with E-state index in [4.69, 9.17) is 4.98 Å². The third-order valence-electron chi connectivity index (χ3n) is 9.43. The zero-order chi connectivity index (χ0) is 33.2. The highest BCUT2D eigenvalue weighted by Crippen LogP contribution is 2.42. The Morgan fingerprint density at radius 3 is 2.02 bits per heavy atom. The number of aryl methyl sites for hydroxylation is 3. The fourth-order valence-electron chi connectivity index (χ4n) is 7.19. The molecule has 0 aliphatic carbocycles. The summed E-state index contributed by atoms with van der Waals surface area (Å²) in [5.41, 5.74) is 12.7. The second-order valence-corrected chi connectivity index (χ2v) is 13.9. The molecule has 0 amide bonds. The molecule has 0 atom stereocenters. The van der Waals surface area contributed by atoms with Crippen molar-refractivity contribution in [1.82, 2.24) is 18.7 Å². The maximum absolute atomic E-state index is 4.84. The largest absolute Gasteiger partial charge is 0.309 e. The van der Waals surface area contributed by atoms with Gasteiger partial charge in [-0.1, -0.05) is 42.5 Å². The first-order valence-corrected chi connectivity index (χ1v) is 16.6. The molecule has 0 unspecified atom stereocenters. The van der Waals surface area contributed by atoms with Gasteiger partial charge in [-0.05, 0) is 113 Å². The molecule has 0 aliphatic rings. The second-order valence-electron chi connectivity index (χ2n) is 13.9. The van der Waals surface area contributed by atoms with E-state index >= 15 is 0 Å². The number of hydrogen-bond acceptors (Lipinski definition) is 2. The second kappa shape index (κ2) is 11.2. The number of pyridine rings is 1. The van der Waals surface area contributed by atoms with Crippen molar-refractivity contribution in [2.75, 3.05) is 4.90 Å². The SMILES string of the molecule is Cc1ccnc(-n2c3ccccc3c3ccc(N(c4cccc(-n5[cH+]n(C(C)(C)C)c6ccccc65)c4)c4c(C)cccc4C)cc32)c1. The third kappa shape index (κ3) is 4.85. The number of imidazole rings is 1. The minimum Gasteiger partial charge on any atom is -0.309 e. The van der Waals surface area contributed by atoms with Crippen LogP contribution in [0.3, 0.4) is 0 Å². The van der Waals surface area contributed by atoms with Crippen molar-refractivity contribution < 1.29 is 0 Å². The Morgan fingerprint density at radius 1 is 0.604 bits per heavy atom. The number of fused-ring (bicyclic) bond motifs is 4. The minimum atomic E-state index is -0.0627. The van der Waals surface area contributed by atoms with Gasteiger partial charge in [0.05, 0.1) is 27.9 Å². The Kier molecular flexibility index (Phi) is 6.95. The molecular formula is C43H40N5+. The van der Waals surface area contributed by atoms with Crippen LogP contribution < -0.4 is 4.90 Å². The van der Waals surface area contributed by atoms with Gasteiger partial charge >= 0.3 is 0 Å². The van der Waals surface area contributed by atoms with E-state index < -0.39 is 0 Å². The maximum Gasteiger partial charge on any atom is 0.191 e. The van der Waals surface area contributed by atoms with Crippen LogP contribution in [0.15, 0.2) is 134 Å². The number of benzene rings is 5. The van der Waals surface area contributed by atoms with Gasteiger partial charge in [-0.25, -0.2) is 9.55 Å². The van der Waals surface area contributed by atoms with Crippen LogP contribution in [0.1, 0.15) is 37.5 Å². The first-order chi connectivity index (χ1) is 23.2. The Balaban J connectivity index is 1.38. The quantitative estimate of drug-likeness (QED) is 0.178. The van der Waals surface area contributed by atoms with Gasteiger partial charge in [-0.3, -0.25) is 4.57 Å². The molecule has 0 fully saturated rings. The van der Waals surface area contributed by atoms with Gasteiger partial charge in [-0.2, -0.15) is 4.57 Å². The Labute approximate surface area is 282 Å². The zero-order valence-electron chi connectivity index (χ0n) is 28.4. The predicted octanol–water partition coefficient (Wildman–Crippen LogP) is 11.4. The van der Waals surface area contributed by atoms with Crippen LogP contribution >= 0.6 is 0 Å². The van der Waals surface area contributed by atoms with E-state index in [1.165, 1.54) is 44.2 Å². The van der Waals surface area contributed by atoms with E-state index in [2.05, 4.69) is 188 Å². The summed E-state index contributed by atoms with van der Waals surface area (Å²) in [5, 5.41) is 2.42. The number of para-hydroxylation sites is 4. The molecule has 5 aromatic carbocycles. The van der Waals surface area contributed by atoms with Crippen molar-refractivity contribution >= 4 is 49.9 Å². The van der Waals surface area contributed by atoms with Gasteiger partial charge in [0.25, 0.3) is 0 Å². The molecule has 8 aromatic rings. The van der Waals surface area contributed by atoms with Gasteiger partial charge in [0, 0.05) is 46.9 Å². The molecule has 0 radical (unpaired) electrons. The summed E-state index contributed by atoms with van der Waals surface area (Å²) in [5.74, 6) is 0.922. The molecule has 0 bridgehead atoms. The first kappa shape index (κ1) is 29.7. The molecule has 236 valence electrons.